The molecule has 9 heteroatoms. The summed E-state index contributed by atoms with van der Waals surface area (Å²) >= 11 is 0. The maximum absolute atomic E-state index is 13.8. The largest absolute Gasteiger partial charge is 0.481 e. The Morgan fingerprint density at radius 3 is 2.62 bits per heavy atom. The van der Waals surface area contributed by atoms with Crippen molar-refractivity contribution in [1.29, 1.82) is 0 Å². The third-order valence-corrected chi connectivity index (χ3v) is 6.72. The Morgan fingerprint density at radius 1 is 1.12 bits per heavy atom. The van der Waals surface area contributed by atoms with Gasteiger partial charge < -0.3 is 14.9 Å². The summed E-state index contributed by atoms with van der Waals surface area (Å²) in [4.78, 5) is 15.2. The zero-order valence-electron chi connectivity index (χ0n) is 18.4. The van der Waals surface area contributed by atoms with Crippen LogP contribution in [0.4, 0.5) is 18.9 Å². The Kier molecular flexibility index (Phi) is 5.79. The van der Waals surface area contributed by atoms with Crippen molar-refractivity contribution in [3.63, 3.8) is 0 Å². The molecule has 1 unspecified atom stereocenters. The van der Waals surface area contributed by atoms with Gasteiger partial charge in [0.25, 0.3) is 5.89 Å². The van der Waals surface area contributed by atoms with E-state index in [1.165, 1.54) is 0 Å². The van der Waals surface area contributed by atoms with Gasteiger partial charge >= 0.3 is 12.1 Å². The molecule has 2 N–H and O–H groups in total. The topological polar surface area (TPSA) is 88.2 Å². The quantitative estimate of drug-likeness (QED) is 0.440. The third-order valence-electron chi connectivity index (χ3n) is 6.72. The predicted octanol–water partition coefficient (Wildman–Crippen LogP) is 6.28. The fourth-order valence-electron chi connectivity index (χ4n) is 5.04. The van der Waals surface area contributed by atoms with Gasteiger partial charge in [0, 0.05) is 29.3 Å². The van der Waals surface area contributed by atoms with Crippen LogP contribution in [-0.4, -0.2) is 27.3 Å². The maximum Gasteiger partial charge on any atom is 0.416 e. The first kappa shape index (κ1) is 22.4. The number of hydrogen-bond donors (Lipinski definition) is 2. The van der Waals surface area contributed by atoms with Crippen molar-refractivity contribution in [3.8, 4) is 22.8 Å². The van der Waals surface area contributed by atoms with Crippen LogP contribution in [0.5, 0.6) is 0 Å². The molecule has 1 saturated carbocycles. The molecule has 6 nitrogen and oxygen atoms in total. The van der Waals surface area contributed by atoms with Crippen molar-refractivity contribution < 1.29 is 27.6 Å². The smallest absolute Gasteiger partial charge is 0.416 e. The lowest BCUT2D eigenvalue weighted by Crippen LogP contribution is -2.16. The minimum Gasteiger partial charge on any atom is -0.481 e. The fourth-order valence-corrected chi connectivity index (χ4v) is 5.04. The van der Waals surface area contributed by atoms with Gasteiger partial charge in [-0.25, -0.2) is 0 Å². The molecule has 178 valence electrons. The summed E-state index contributed by atoms with van der Waals surface area (Å²) in [6.45, 7) is 0. The molecular formula is C25H24F3N3O3. The number of alkyl halides is 3. The number of rotatable bonds is 6. The van der Waals surface area contributed by atoms with Crippen molar-refractivity contribution >= 4 is 11.7 Å². The SMILES string of the molecule is O=C(O)CCC1Cc2cc(-c3noc(-c4ccc(C5CCCC5)c(C(F)(F)F)c4)n3)ccc2N1. The third kappa shape index (κ3) is 4.51. The highest BCUT2D eigenvalue weighted by Gasteiger charge is 2.36. The van der Waals surface area contributed by atoms with Gasteiger partial charge in [-0.2, -0.15) is 18.2 Å². The number of hydrogen-bond acceptors (Lipinski definition) is 5. The summed E-state index contributed by atoms with van der Waals surface area (Å²) in [5.41, 5.74) is 2.59. The van der Waals surface area contributed by atoms with E-state index in [9.17, 15) is 18.0 Å². The summed E-state index contributed by atoms with van der Waals surface area (Å²) in [7, 11) is 0. The number of aliphatic carboxylic acids is 1. The summed E-state index contributed by atoms with van der Waals surface area (Å²) in [5.74, 6) is -0.567. The molecule has 5 rings (SSSR count). The number of fused-ring (bicyclic) bond motifs is 1. The number of carboxylic acids is 1. The lowest BCUT2D eigenvalue weighted by Gasteiger charge is -2.18. The van der Waals surface area contributed by atoms with E-state index in [0.717, 1.165) is 43.0 Å². The molecule has 2 heterocycles. The molecule has 0 amide bonds. The molecule has 0 bridgehead atoms. The molecule has 1 aliphatic carbocycles. The molecule has 0 spiro atoms. The van der Waals surface area contributed by atoms with Crippen LogP contribution in [0, 0.1) is 0 Å². The van der Waals surface area contributed by atoms with Crippen molar-refractivity contribution in [2.24, 2.45) is 0 Å². The van der Waals surface area contributed by atoms with E-state index >= 15 is 0 Å². The fraction of sp³-hybridized carbons (Fsp3) is 0.400. The molecule has 2 aliphatic rings. The van der Waals surface area contributed by atoms with Gasteiger partial charge in [-0.05, 0) is 73.1 Å². The van der Waals surface area contributed by atoms with E-state index in [0.29, 0.717) is 29.8 Å². The molecule has 34 heavy (non-hydrogen) atoms. The standard InChI is InChI=1S/C25H24F3N3O3/c26-25(27,28)20-13-16(5-8-19(20)14-3-1-2-4-14)24-30-23(31-34-24)15-6-9-21-17(11-15)12-18(29-21)7-10-22(32)33/h5-6,8-9,11,13-14,18,29H,1-4,7,10,12H2,(H,32,33). The van der Waals surface area contributed by atoms with Crippen LogP contribution in [0.2, 0.25) is 0 Å². The monoisotopic (exact) mass is 471 g/mol. The van der Waals surface area contributed by atoms with E-state index in [4.69, 9.17) is 9.63 Å². The zero-order valence-corrected chi connectivity index (χ0v) is 18.4. The lowest BCUT2D eigenvalue weighted by atomic mass is 9.91. The highest BCUT2D eigenvalue weighted by Crippen LogP contribution is 2.43. The maximum atomic E-state index is 13.8. The number of halogens is 3. The first-order chi connectivity index (χ1) is 16.3. The van der Waals surface area contributed by atoms with Gasteiger partial charge in [0.1, 0.15) is 0 Å². The summed E-state index contributed by atoms with van der Waals surface area (Å²) < 4.78 is 46.8. The Morgan fingerprint density at radius 2 is 1.88 bits per heavy atom. The predicted molar refractivity (Wildman–Crippen MR) is 119 cm³/mol. The van der Waals surface area contributed by atoms with Crippen LogP contribution in [-0.2, 0) is 17.4 Å². The van der Waals surface area contributed by atoms with Crippen LogP contribution < -0.4 is 5.32 Å². The molecular weight excluding hydrogens is 447 g/mol. The first-order valence-electron chi connectivity index (χ1n) is 11.4. The summed E-state index contributed by atoms with van der Waals surface area (Å²) in [5, 5.41) is 16.2. The van der Waals surface area contributed by atoms with E-state index in [-0.39, 0.29) is 29.8 Å². The van der Waals surface area contributed by atoms with Crippen molar-refractivity contribution in [1.82, 2.24) is 10.1 Å². The van der Waals surface area contributed by atoms with E-state index in [2.05, 4.69) is 15.5 Å². The van der Waals surface area contributed by atoms with Gasteiger partial charge in [0.15, 0.2) is 0 Å². The Balaban J connectivity index is 1.39. The highest BCUT2D eigenvalue weighted by atomic mass is 19.4. The first-order valence-corrected chi connectivity index (χ1v) is 11.4. The highest BCUT2D eigenvalue weighted by molar-refractivity contribution is 5.69. The van der Waals surface area contributed by atoms with Crippen LogP contribution in [0.15, 0.2) is 40.9 Å². The van der Waals surface area contributed by atoms with Crippen LogP contribution in [0.3, 0.4) is 0 Å². The number of nitrogens with zero attached hydrogens (tertiary/aromatic N) is 2. The van der Waals surface area contributed by atoms with Crippen LogP contribution in [0.1, 0.15) is 61.1 Å². The zero-order chi connectivity index (χ0) is 23.9. The second kappa shape index (κ2) is 8.77. The molecule has 0 radical (unpaired) electrons. The van der Waals surface area contributed by atoms with Gasteiger partial charge in [-0.1, -0.05) is 24.1 Å². The average Bonchev–Trinajstić information content (AvgIpc) is 3.56. The van der Waals surface area contributed by atoms with Gasteiger partial charge in [-0.3, -0.25) is 4.79 Å². The number of aromatic nitrogens is 2. The van der Waals surface area contributed by atoms with Crippen LogP contribution >= 0.6 is 0 Å². The van der Waals surface area contributed by atoms with E-state index < -0.39 is 17.7 Å². The van der Waals surface area contributed by atoms with Gasteiger partial charge in [0.2, 0.25) is 5.82 Å². The lowest BCUT2D eigenvalue weighted by molar-refractivity contribution is -0.138. The van der Waals surface area contributed by atoms with Crippen molar-refractivity contribution in [2.75, 3.05) is 5.32 Å². The molecule has 1 atom stereocenters. The molecule has 2 aromatic carbocycles. The van der Waals surface area contributed by atoms with Gasteiger partial charge in [0.05, 0.1) is 5.56 Å². The minimum absolute atomic E-state index is 0.0384. The Labute approximate surface area is 194 Å². The summed E-state index contributed by atoms with van der Waals surface area (Å²) in [6.07, 6.45) is 0.283. The van der Waals surface area contributed by atoms with Crippen LogP contribution in [0.25, 0.3) is 22.8 Å². The minimum atomic E-state index is -4.46. The van der Waals surface area contributed by atoms with Crippen molar-refractivity contribution in [2.45, 2.75) is 63.1 Å². The number of carboxylic acid groups (broad SMARTS) is 1. The molecule has 1 aromatic heterocycles. The van der Waals surface area contributed by atoms with Gasteiger partial charge in [-0.15, -0.1) is 0 Å². The van der Waals surface area contributed by atoms with E-state index in [1.807, 2.05) is 18.2 Å². The second-order valence-corrected chi connectivity index (χ2v) is 9.05. The number of carbonyl (C=O) groups is 1. The number of benzene rings is 2. The molecule has 1 aliphatic heterocycles. The molecule has 1 fully saturated rings. The molecule has 0 saturated heterocycles. The Hall–Kier alpha value is -3.36. The normalized spacial score (nSPS) is 18.1. The molecule has 3 aromatic rings. The number of anilines is 1. The summed E-state index contributed by atoms with van der Waals surface area (Å²) in [6, 6.07) is 9.92. The van der Waals surface area contributed by atoms with E-state index in [1.54, 1.807) is 12.1 Å². The number of nitrogens with one attached hydrogen (secondary N) is 1. The average molecular weight is 471 g/mol. The van der Waals surface area contributed by atoms with Crippen molar-refractivity contribution in [3.05, 3.63) is 53.1 Å². The second-order valence-electron chi connectivity index (χ2n) is 9.05. The Bertz CT molecular complexity index is 1220.